The SMILES string of the molecule is O=C(NN=Cc1ccc(Oc2ccc([N+](=O)[O-])cc2[N+](=O)[O-])cc1)c1cccc(Cl)c1. The van der Waals surface area contributed by atoms with Gasteiger partial charge in [0.25, 0.3) is 11.6 Å². The highest BCUT2D eigenvalue weighted by Gasteiger charge is 2.21. The molecule has 0 heterocycles. The number of nitrogens with zero attached hydrogens (tertiary/aromatic N) is 3. The van der Waals surface area contributed by atoms with Crippen molar-refractivity contribution in [1.82, 2.24) is 5.43 Å². The fourth-order valence-corrected chi connectivity index (χ4v) is 2.65. The van der Waals surface area contributed by atoms with Gasteiger partial charge in [0.2, 0.25) is 5.75 Å². The Kier molecular flexibility index (Phi) is 6.53. The van der Waals surface area contributed by atoms with Crippen LogP contribution in [0.5, 0.6) is 11.5 Å². The number of benzene rings is 3. The predicted molar refractivity (Wildman–Crippen MR) is 113 cm³/mol. The number of hydrogen-bond acceptors (Lipinski definition) is 7. The first-order valence-electron chi connectivity index (χ1n) is 8.63. The highest BCUT2D eigenvalue weighted by atomic mass is 35.5. The zero-order valence-electron chi connectivity index (χ0n) is 15.6. The minimum Gasteiger partial charge on any atom is -0.450 e. The van der Waals surface area contributed by atoms with E-state index in [1.165, 1.54) is 24.4 Å². The summed E-state index contributed by atoms with van der Waals surface area (Å²) in [7, 11) is 0. The highest BCUT2D eigenvalue weighted by Crippen LogP contribution is 2.34. The van der Waals surface area contributed by atoms with E-state index in [1.807, 2.05) is 0 Å². The summed E-state index contributed by atoms with van der Waals surface area (Å²) in [5.41, 5.74) is 2.42. The van der Waals surface area contributed by atoms with E-state index >= 15 is 0 Å². The van der Waals surface area contributed by atoms with Gasteiger partial charge in [0.1, 0.15) is 5.75 Å². The van der Waals surface area contributed by atoms with E-state index in [0.29, 0.717) is 16.1 Å². The van der Waals surface area contributed by atoms with Crippen LogP contribution < -0.4 is 10.2 Å². The van der Waals surface area contributed by atoms with Crippen LogP contribution in [0.15, 0.2) is 71.8 Å². The van der Waals surface area contributed by atoms with Gasteiger partial charge in [0.15, 0.2) is 0 Å². The zero-order valence-corrected chi connectivity index (χ0v) is 16.4. The first-order valence-corrected chi connectivity index (χ1v) is 9.01. The summed E-state index contributed by atoms with van der Waals surface area (Å²) in [5, 5.41) is 26.3. The second-order valence-electron chi connectivity index (χ2n) is 6.05. The molecule has 3 aromatic rings. The van der Waals surface area contributed by atoms with Crippen LogP contribution in [0.4, 0.5) is 11.4 Å². The van der Waals surface area contributed by atoms with Crippen molar-refractivity contribution in [3.8, 4) is 11.5 Å². The molecule has 0 unspecified atom stereocenters. The van der Waals surface area contributed by atoms with Gasteiger partial charge >= 0.3 is 5.69 Å². The van der Waals surface area contributed by atoms with E-state index in [4.69, 9.17) is 16.3 Å². The fourth-order valence-electron chi connectivity index (χ4n) is 2.46. The maximum absolute atomic E-state index is 12.0. The molecule has 11 heteroatoms. The molecular formula is C20H13ClN4O6. The Labute approximate surface area is 180 Å². The lowest BCUT2D eigenvalue weighted by molar-refractivity contribution is -0.394. The first-order chi connectivity index (χ1) is 14.8. The van der Waals surface area contributed by atoms with Crippen molar-refractivity contribution in [3.05, 3.63) is 103 Å². The summed E-state index contributed by atoms with van der Waals surface area (Å²) < 4.78 is 5.48. The van der Waals surface area contributed by atoms with Gasteiger partial charge in [-0.05, 0) is 54.1 Å². The summed E-state index contributed by atoms with van der Waals surface area (Å²) in [6.45, 7) is 0. The second kappa shape index (κ2) is 9.46. The largest absolute Gasteiger partial charge is 0.450 e. The van der Waals surface area contributed by atoms with Gasteiger partial charge in [0, 0.05) is 16.7 Å². The minimum absolute atomic E-state index is 0.134. The van der Waals surface area contributed by atoms with Crippen molar-refractivity contribution in [1.29, 1.82) is 0 Å². The van der Waals surface area contributed by atoms with E-state index in [2.05, 4.69) is 10.5 Å². The van der Waals surface area contributed by atoms with Gasteiger partial charge in [-0.1, -0.05) is 17.7 Å². The molecule has 3 rings (SSSR count). The topological polar surface area (TPSA) is 137 Å². The summed E-state index contributed by atoms with van der Waals surface area (Å²) in [6.07, 6.45) is 1.40. The van der Waals surface area contributed by atoms with Gasteiger partial charge < -0.3 is 4.74 Å². The van der Waals surface area contributed by atoms with Crippen molar-refractivity contribution >= 4 is 35.1 Å². The van der Waals surface area contributed by atoms with Crippen molar-refractivity contribution in [2.45, 2.75) is 0 Å². The van der Waals surface area contributed by atoms with Crippen LogP contribution >= 0.6 is 11.6 Å². The van der Waals surface area contributed by atoms with Gasteiger partial charge in [0.05, 0.1) is 22.1 Å². The molecule has 1 N–H and O–H groups in total. The van der Waals surface area contributed by atoms with E-state index in [0.717, 1.165) is 18.2 Å². The van der Waals surface area contributed by atoms with E-state index in [-0.39, 0.29) is 11.5 Å². The van der Waals surface area contributed by atoms with Crippen LogP contribution in [0.2, 0.25) is 5.02 Å². The van der Waals surface area contributed by atoms with Gasteiger partial charge in [-0.25, -0.2) is 5.43 Å². The Balaban J connectivity index is 1.67. The molecule has 31 heavy (non-hydrogen) atoms. The van der Waals surface area contributed by atoms with Crippen molar-refractivity contribution in [2.75, 3.05) is 0 Å². The third-order valence-electron chi connectivity index (χ3n) is 3.92. The highest BCUT2D eigenvalue weighted by molar-refractivity contribution is 6.30. The Morgan fingerprint density at radius 2 is 1.74 bits per heavy atom. The van der Waals surface area contributed by atoms with E-state index in [1.54, 1.807) is 30.3 Å². The molecule has 0 aliphatic rings. The molecule has 0 radical (unpaired) electrons. The van der Waals surface area contributed by atoms with Crippen LogP contribution in [0.3, 0.4) is 0 Å². The van der Waals surface area contributed by atoms with E-state index < -0.39 is 27.1 Å². The van der Waals surface area contributed by atoms with Crippen LogP contribution in [0.1, 0.15) is 15.9 Å². The molecule has 0 bridgehead atoms. The summed E-state index contributed by atoms with van der Waals surface area (Å²) >= 11 is 5.84. The summed E-state index contributed by atoms with van der Waals surface area (Å²) in [5.74, 6) is -0.285. The number of carbonyl (C=O) groups is 1. The Morgan fingerprint density at radius 3 is 2.39 bits per heavy atom. The number of hydrazone groups is 1. The van der Waals surface area contributed by atoms with Crippen LogP contribution in [0, 0.1) is 20.2 Å². The molecule has 0 fully saturated rings. The lowest BCUT2D eigenvalue weighted by Gasteiger charge is -2.06. The maximum Gasteiger partial charge on any atom is 0.318 e. The summed E-state index contributed by atoms with van der Waals surface area (Å²) in [4.78, 5) is 32.5. The number of halogens is 1. The van der Waals surface area contributed by atoms with Crippen LogP contribution in [-0.4, -0.2) is 22.0 Å². The van der Waals surface area contributed by atoms with Crippen molar-refractivity contribution in [2.24, 2.45) is 5.10 Å². The van der Waals surface area contributed by atoms with Gasteiger partial charge in [-0.15, -0.1) is 0 Å². The van der Waals surface area contributed by atoms with Crippen molar-refractivity contribution < 1.29 is 19.4 Å². The number of non-ortho nitro benzene ring substituents is 1. The average molecular weight is 441 g/mol. The van der Waals surface area contributed by atoms with Crippen LogP contribution in [0.25, 0.3) is 0 Å². The summed E-state index contributed by atoms with van der Waals surface area (Å²) in [6, 6.07) is 15.8. The molecule has 0 aromatic heterocycles. The van der Waals surface area contributed by atoms with Gasteiger partial charge in [-0.3, -0.25) is 25.0 Å². The minimum atomic E-state index is -0.758. The lowest BCUT2D eigenvalue weighted by Crippen LogP contribution is -2.17. The number of rotatable bonds is 7. The fraction of sp³-hybridized carbons (Fsp3) is 0. The predicted octanol–water partition coefficient (Wildman–Crippen LogP) is 4.71. The molecule has 10 nitrogen and oxygen atoms in total. The number of nitro benzene ring substituents is 2. The number of carbonyl (C=O) groups excluding carboxylic acids is 1. The Hall–Kier alpha value is -4.31. The molecule has 0 aliphatic carbocycles. The molecule has 1 amide bonds. The van der Waals surface area contributed by atoms with Crippen LogP contribution in [-0.2, 0) is 0 Å². The number of ether oxygens (including phenoxy) is 1. The molecule has 0 saturated heterocycles. The number of nitrogens with one attached hydrogen (secondary N) is 1. The smallest absolute Gasteiger partial charge is 0.318 e. The van der Waals surface area contributed by atoms with E-state index in [9.17, 15) is 25.0 Å². The number of hydrogen-bond donors (Lipinski definition) is 1. The number of amides is 1. The third kappa shape index (κ3) is 5.61. The van der Waals surface area contributed by atoms with Gasteiger partial charge in [-0.2, -0.15) is 5.10 Å². The molecule has 0 atom stereocenters. The quantitative estimate of drug-likeness (QED) is 0.320. The monoisotopic (exact) mass is 440 g/mol. The third-order valence-corrected chi connectivity index (χ3v) is 4.16. The molecule has 0 spiro atoms. The number of nitro groups is 2. The molecule has 3 aromatic carbocycles. The first kappa shape index (κ1) is 21.4. The Morgan fingerprint density at radius 1 is 1.00 bits per heavy atom. The standard InChI is InChI=1S/C20H13ClN4O6/c21-15-3-1-2-14(10-15)20(26)23-22-12-13-4-7-17(8-5-13)31-19-9-6-16(24(27)28)11-18(19)25(29)30/h1-12H,(H,23,26). The second-order valence-corrected chi connectivity index (χ2v) is 6.48. The molecule has 0 aliphatic heterocycles. The molecule has 156 valence electrons. The Bertz CT molecular complexity index is 1180. The maximum atomic E-state index is 12.0. The normalized spacial score (nSPS) is 10.6. The van der Waals surface area contributed by atoms with Crippen molar-refractivity contribution in [3.63, 3.8) is 0 Å². The molecule has 0 saturated carbocycles. The lowest BCUT2D eigenvalue weighted by atomic mass is 10.2. The molecular weight excluding hydrogens is 428 g/mol. The average Bonchev–Trinajstić information content (AvgIpc) is 2.75. The zero-order chi connectivity index (χ0) is 22.4.